The third-order valence-electron chi connectivity index (χ3n) is 9.70. The summed E-state index contributed by atoms with van der Waals surface area (Å²) in [6.07, 6.45) is 2.65. The molecule has 8 nitrogen and oxygen atoms in total. The minimum atomic E-state index is -1.87. The molecule has 2 saturated carbocycles. The van der Waals surface area contributed by atoms with Crippen LogP contribution in [0.25, 0.3) is 0 Å². The van der Waals surface area contributed by atoms with Gasteiger partial charge in [0.15, 0.2) is 5.60 Å². The summed E-state index contributed by atoms with van der Waals surface area (Å²) in [5.74, 6) is -2.15. The molecular formula is C32H40O8. The molecule has 1 heterocycles. The van der Waals surface area contributed by atoms with E-state index in [1.54, 1.807) is 6.92 Å². The maximum Gasteiger partial charge on any atom is 0.310 e. The largest absolute Gasteiger partial charge is 0.457 e. The average Bonchev–Trinajstić information content (AvgIpc) is 3.72. The number of hydrogen-bond acceptors (Lipinski definition) is 8. The van der Waals surface area contributed by atoms with Gasteiger partial charge >= 0.3 is 17.9 Å². The monoisotopic (exact) mass is 552 g/mol. The van der Waals surface area contributed by atoms with E-state index in [4.69, 9.17) is 18.9 Å². The van der Waals surface area contributed by atoms with Crippen molar-refractivity contribution in [3.05, 3.63) is 47.5 Å². The van der Waals surface area contributed by atoms with E-state index in [2.05, 4.69) is 13.8 Å². The first-order chi connectivity index (χ1) is 18.8. The van der Waals surface area contributed by atoms with Gasteiger partial charge in [0.1, 0.15) is 6.10 Å². The molecule has 0 bridgehead atoms. The van der Waals surface area contributed by atoms with Gasteiger partial charge in [-0.15, -0.1) is 0 Å². The van der Waals surface area contributed by atoms with Crippen LogP contribution in [0.3, 0.4) is 0 Å². The minimum absolute atomic E-state index is 0.00768. The number of benzene rings is 1. The SMILES string of the molecule is CC(=O)O[C@]12C[C@H](C)[C@H](OC(=O)Cc3ccccc3)[C@@]1(OC(C)=O)C[C@]1(CC[C@H]3[C@H](/C=C(\C)C2=O)C3(C)C)CO1. The number of allylic oxidation sites excluding steroid dienone is 1. The lowest BCUT2D eigenvalue weighted by Gasteiger charge is -2.46. The van der Waals surface area contributed by atoms with Crippen LogP contribution in [-0.4, -0.2) is 53.2 Å². The summed E-state index contributed by atoms with van der Waals surface area (Å²) in [6, 6.07) is 9.20. The Morgan fingerprint density at radius 2 is 1.70 bits per heavy atom. The number of hydrogen-bond donors (Lipinski definition) is 0. The lowest BCUT2D eigenvalue weighted by atomic mass is 9.72. The van der Waals surface area contributed by atoms with Crippen LogP contribution < -0.4 is 0 Å². The highest BCUT2D eigenvalue weighted by molar-refractivity contribution is 6.04. The van der Waals surface area contributed by atoms with Crippen molar-refractivity contribution < 1.29 is 38.1 Å². The Labute approximate surface area is 235 Å². The maximum atomic E-state index is 14.6. The van der Waals surface area contributed by atoms with E-state index >= 15 is 0 Å². The molecule has 0 N–H and O–H groups in total. The summed E-state index contributed by atoms with van der Waals surface area (Å²) >= 11 is 0. The van der Waals surface area contributed by atoms with Crippen LogP contribution in [0.4, 0.5) is 0 Å². The van der Waals surface area contributed by atoms with Crippen LogP contribution >= 0.6 is 0 Å². The molecule has 216 valence electrons. The molecule has 4 aliphatic rings. The zero-order valence-electron chi connectivity index (χ0n) is 24.3. The number of carbonyl (C=O) groups excluding carboxylic acids is 4. The normalized spacial score (nSPS) is 39.0. The highest BCUT2D eigenvalue weighted by atomic mass is 16.6. The Hall–Kier alpha value is -3.00. The number of fused-ring (bicyclic) bond motifs is 2. The standard InChI is InChI=1S/C32H40O8/c1-19-14-25-24(29(25,5)6)12-13-30(18-37-30)17-32(40-22(4)34)28(38-26(35)15-23-10-8-7-9-11-23)20(2)16-31(32,27(19)36)39-21(3)33/h7-11,14,20,24-25,28H,12-13,15-18H2,1-6H3/b19-14+/t20-,24-,25-,28-,30+,31-,32-/m0/s1. The predicted octanol–water partition coefficient (Wildman–Crippen LogP) is 4.53. The first-order valence-corrected chi connectivity index (χ1v) is 14.2. The molecule has 1 spiro atoms. The van der Waals surface area contributed by atoms with Gasteiger partial charge in [0.25, 0.3) is 0 Å². The van der Waals surface area contributed by atoms with Crippen molar-refractivity contribution in [2.45, 2.75) is 96.6 Å². The van der Waals surface area contributed by atoms with Crippen molar-refractivity contribution in [2.24, 2.45) is 23.2 Å². The molecule has 8 heteroatoms. The van der Waals surface area contributed by atoms with Crippen molar-refractivity contribution >= 4 is 23.7 Å². The van der Waals surface area contributed by atoms with Gasteiger partial charge in [-0.3, -0.25) is 19.2 Å². The summed E-state index contributed by atoms with van der Waals surface area (Å²) in [6.45, 7) is 10.9. The zero-order valence-corrected chi connectivity index (χ0v) is 24.3. The Balaban J connectivity index is 1.64. The van der Waals surface area contributed by atoms with E-state index in [1.165, 1.54) is 13.8 Å². The predicted molar refractivity (Wildman–Crippen MR) is 145 cm³/mol. The van der Waals surface area contributed by atoms with Gasteiger partial charge in [0.2, 0.25) is 11.4 Å². The number of Topliss-reactive ketones (excluding diaryl/α,β-unsaturated/α-hetero) is 1. The lowest BCUT2D eigenvalue weighted by molar-refractivity contribution is -0.227. The summed E-state index contributed by atoms with van der Waals surface area (Å²) in [5.41, 5.74) is -3.06. The van der Waals surface area contributed by atoms with Gasteiger partial charge in [-0.2, -0.15) is 0 Å². The molecule has 0 aromatic heterocycles. The highest BCUT2D eigenvalue weighted by Crippen LogP contribution is 2.64. The summed E-state index contributed by atoms with van der Waals surface area (Å²) in [4.78, 5) is 53.4. The van der Waals surface area contributed by atoms with E-state index in [0.29, 0.717) is 24.5 Å². The molecule has 40 heavy (non-hydrogen) atoms. The van der Waals surface area contributed by atoms with Crippen LogP contribution in [0.1, 0.15) is 72.8 Å². The number of rotatable bonds is 5. The Kier molecular flexibility index (Phi) is 7.01. The third kappa shape index (κ3) is 4.78. The number of epoxide rings is 1. The van der Waals surface area contributed by atoms with Gasteiger partial charge in [0.05, 0.1) is 18.6 Å². The molecule has 0 unspecified atom stereocenters. The van der Waals surface area contributed by atoms with E-state index in [1.807, 2.05) is 43.3 Å². The highest BCUT2D eigenvalue weighted by Gasteiger charge is 2.76. The van der Waals surface area contributed by atoms with Crippen LogP contribution in [-0.2, 0) is 44.5 Å². The fourth-order valence-electron chi connectivity index (χ4n) is 7.63. The number of ketones is 1. The number of carbonyl (C=O) groups is 4. The molecule has 5 rings (SSSR count). The van der Waals surface area contributed by atoms with Crippen molar-refractivity contribution in [1.82, 2.24) is 0 Å². The Morgan fingerprint density at radius 3 is 2.30 bits per heavy atom. The topological polar surface area (TPSA) is 108 Å². The molecule has 0 amide bonds. The van der Waals surface area contributed by atoms with Gasteiger partial charge in [-0.05, 0) is 48.2 Å². The summed E-state index contributed by atoms with van der Waals surface area (Å²) in [7, 11) is 0. The molecule has 3 aliphatic carbocycles. The first-order valence-electron chi connectivity index (χ1n) is 14.2. The molecular weight excluding hydrogens is 512 g/mol. The summed E-state index contributed by atoms with van der Waals surface area (Å²) in [5, 5.41) is 0. The van der Waals surface area contributed by atoms with Gasteiger partial charge in [-0.25, -0.2) is 0 Å². The second kappa shape index (κ2) is 9.82. The fourth-order valence-corrected chi connectivity index (χ4v) is 7.63. The van der Waals surface area contributed by atoms with Crippen LogP contribution in [0.5, 0.6) is 0 Å². The van der Waals surface area contributed by atoms with E-state index in [-0.39, 0.29) is 30.6 Å². The van der Waals surface area contributed by atoms with E-state index < -0.39 is 52.5 Å². The Morgan fingerprint density at radius 1 is 1.05 bits per heavy atom. The molecule has 7 atom stereocenters. The van der Waals surface area contributed by atoms with Gasteiger partial charge < -0.3 is 18.9 Å². The van der Waals surface area contributed by atoms with Crippen molar-refractivity contribution in [1.29, 1.82) is 0 Å². The molecule has 1 aromatic rings. The van der Waals surface area contributed by atoms with Crippen LogP contribution in [0.15, 0.2) is 42.0 Å². The van der Waals surface area contributed by atoms with E-state index in [0.717, 1.165) is 12.0 Å². The van der Waals surface area contributed by atoms with Crippen molar-refractivity contribution in [2.75, 3.05) is 6.61 Å². The number of ether oxygens (including phenoxy) is 4. The molecule has 1 aromatic carbocycles. The zero-order chi connectivity index (χ0) is 29.1. The minimum Gasteiger partial charge on any atom is -0.457 e. The van der Waals surface area contributed by atoms with Crippen LogP contribution in [0.2, 0.25) is 0 Å². The van der Waals surface area contributed by atoms with Crippen LogP contribution in [0, 0.1) is 23.2 Å². The van der Waals surface area contributed by atoms with Gasteiger partial charge in [-0.1, -0.05) is 57.2 Å². The van der Waals surface area contributed by atoms with Crippen molar-refractivity contribution in [3.63, 3.8) is 0 Å². The van der Waals surface area contributed by atoms with Gasteiger partial charge in [0, 0.05) is 32.6 Å². The molecule has 1 aliphatic heterocycles. The third-order valence-corrected chi connectivity index (χ3v) is 9.70. The smallest absolute Gasteiger partial charge is 0.310 e. The first kappa shape index (κ1) is 28.5. The second-order valence-corrected chi connectivity index (χ2v) is 13.0. The average molecular weight is 553 g/mol. The molecule has 3 fully saturated rings. The molecule has 1 saturated heterocycles. The van der Waals surface area contributed by atoms with E-state index in [9.17, 15) is 19.2 Å². The second-order valence-electron chi connectivity index (χ2n) is 13.0. The number of esters is 3. The summed E-state index contributed by atoms with van der Waals surface area (Å²) < 4.78 is 24.4. The lowest BCUT2D eigenvalue weighted by Crippen LogP contribution is -2.66. The quantitative estimate of drug-likeness (QED) is 0.298. The van der Waals surface area contributed by atoms with Crippen molar-refractivity contribution in [3.8, 4) is 0 Å². The fraction of sp³-hybridized carbons (Fsp3) is 0.625. The molecule has 0 radical (unpaired) electrons. The Bertz CT molecular complexity index is 1240. The maximum absolute atomic E-state index is 14.6.